The van der Waals surface area contributed by atoms with Gasteiger partial charge in [0.15, 0.2) is 5.82 Å². The zero-order chi connectivity index (χ0) is 23.9. The number of hydrogen-bond donors (Lipinski definition) is 2. The van der Waals surface area contributed by atoms with E-state index in [1.54, 1.807) is 12.3 Å². The Kier molecular flexibility index (Phi) is 5.14. The normalized spacial score (nSPS) is 14.5. The molecule has 1 amide bonds. The van der Waals surface area contributed by atoms with Gasteiger partial charge in [0.1, 0.15) is 17.7 Å². The Morgan fingerprint density at radius 3 is 2.66 bits per heavy atom. The van der Waals surface area contributed by atoms with E-state index in [-0.39, 0.29) is 5.91 Å². The van der Waals surface area contributed by atoms with Gasteiger partial charge in [-0.2, -0.15) is 10.2 Å². The van der Waals surface area contributed by atoms with Crippen LogP contribution in [-0.4, -0.2) is 48.5 Å². The average Bonchev–Trinajstić information content (AvgIpc) is 3.47. The maximum Gasteiger partial charge on any atom is 0.222 e. The molecule has 1 aromatic carbocycles. The van der Waals surface area contributed by atoms with Crippen LogP contribution in [0.5, 0.6) is 0 Å². The number of rotatable bonds is 4. The highest BCUT2D eigenvalue weighted by molar-refractivity contribution is 5.94. The van der Waals surface area contributed by atoms with Crippen LogP contribution in [0.25, 0.3) is 38.8 Å². The fourth-order valence-corrected chi connectivity index (χ4v) is 4.72. The number of nitrogens with zero attached hydrogens (tertiary/aromatic N) is 6. The van der Waals surface area contributed by atoms with E-state index in [9.17, 15) is 4.79 Å². The van der Waals surface area contributed by atoms with E-state index in [0.29, 0.717) is 23.2 Å². The van der Waals surface area contributed by atoms with Gasteiger partial charge in [-0.3, -0.25) is 9.48 Å². The lowest BCUT2D eigenvalue weighted by Crippen LogP contribution is -2.20. The van der Waals surface area contributed by atoms with Crippen molar-refractivity contribution in [2.24, 2.45) is 0 Å². The van der Waals surface area contributed by atoms with Crippen LogP contribution in [0.3, 0.4) is 0 Å². The zero-order valence-corrected chi connectivity index (χ0v) is 19.2. The number of pyridine rings is 1. The first-order valence-corrected chi connectivity index (χ1v) is 11.5. The average molecular weight is 469 g/mol. The smallest absolute Gasteiger partial charge is 0.222 e. The van der Waals surface area contributed by atoms with E-state index in [1.807, 2.05) is 22.8 Å². The molecule has 0 unspecified atom stereocenters. The lowest BCUT2D eigenvalue weighted by Gasteiger charge is -2.23. The minimum atomic E-state index is -0.171. The Morgan fingerprint density at radius 2 is 1.89 bits per heavy atom. The van der Waals surface area contributed by atoms with Gasteiger partial charge in [-0.1, -0.05) is 12.1 Å². The van der Waals surface area contributed by atoms with Crippen LogP contribution in [0, 0.1) is 0 Å². The van der Waals surface area contributed by atoms with Gasteiger partial charge in [-0.15, -0.1) is 0 Å². The van der Waals surface area contributed by atoms with Crippen LogP contribution in [0.4, 0.5) is 11.6 Å². The summed E-state index contributed by atoms with van der Waals surface area (Å²) in [6.07, 6.45) is 6.98. The number of ether oxygens (including phenoxy) is 1. The van der Waals surface area contributed by atoms with Gasteiger partial charge in [0.25, 0.3) is 0 Å². The summed E-state index contributed by atoms with van der Waals surface area (Å²) in [7, 11) is 0. The molecule has 176 valence electrons. The molecule has 0 atom stereocenters. The van der Waals surface area contributed by atoms with E-state index >= 15 is 0 Å². The van der Waals surface area contributed by atoms with E-state index < -0.39 is 0 Å². The zero-order valence-electron chi connectivity index (χ0n) is 19.2. The number of benzene rings is 1. The summed E-state index contributed by atoms with van der Waals surface area (Å²) in [5.41, 5.74) is 11.7. The van der Waals surface area contributed by atoms with Crippen LogP contribution in [0.2, 0.25) is 0 Å². The van der Waals surface area contributed by atoms with Crippen molar-refractivity contribution in [1.29, 1.82) is 0 Å². The molecule has 5 aromatic rings. The van der Waals surface area contributed by atoms with Gasteiger partial charge < -0.3 is 15.8 Å². The van der Waals surface area contributed by atoms with Gasteiger partial charge in [0.05, 0.1) is 23.4 Å². The molecular formula is C25H24N8O2. The van der Waals surface area contributed by atoms with Crippen LogP contribution >= 0.6 is 0 Å². The Balaban J connectivity index is 1.48. The largest absolute Gasteiger partial charge is 0.382 e. The van der Waals surface area contributed by atoms with Crippen LogP contribution < -0.4 is 11.1 Å². The topological polar surface area (TPSA) is 125 Å². The molecule has 0 saturated carbocycles. The summed E-state index contributed by atoms with van der Waals surface area (Å²) in [6, 6.07) is 12.3. The van der Waals surface area contributed by atoms with Crippen LogP contribution in [-0.2, 0) is 9.53 Å². The summed E-state index contributed by atoms with van der Waals surface area (Å²) in [4.78, 5) is 19.9. The standard InChI is InChI=1S/C25H24N8O2/c1-15(34)31-23-5-4-17(12-27-23)20-11-22(33-24(20)25(26)28-14-30-33)16-2-3-18-13-29-32(21(18)10-16)19-6-8-35-9-7-19/h2-5,10-14,19H,6-9H2,1H3,(H2,26,28,30)(H,27,31,34). The highest BCUT2D eigenvalue weighted by Crippen LogP contribution is 2.36. The Bertz CT molecular complexity index is 1550. The fourth-order valence-electron chi connectivity index (χ4n) is 4.72. The van der Waals surface area contributed by atoms with Crippen molar-refractivity contribution < 1.29 is 9.53 Å². The fraction of sp³-hybridized carbons (Fsp3) is 0.240. The Morgan fingerprint density at radius 1 is 1.06 bits per heavy atom. The van der Waals surface area contributed by atoms with Crippen molar-refractivity contribution in [1.82, 2.24) is 29.4 Å². The monoisotopic (exact) mass is 468 g/mol. The van der Waals surface area contributed by atoms with Gasteiger partial charge >= 0.3 is 0 Å². The number of hydrogen-bond acceptors (Lipinski definition) is 7. The van der Waals surface area contributed by atoms with Gasteiger partial charge in [-0.05, 0) is 37.1 Å². The van der Waals surface area contributed by atoms with E-state index in [1.165, 1.54) is 13.3 Å². The molecule has 6 rings (SSSR count). The molecule has 0 spiro atoms. The van der Waals surface area contributed by atoms with Crippen molar-refractivity contribution in [3.8, 4) is 22.4 Å². The Hall–Kier alpha value is -4.31. The summed E-state index contributed by atoms with van der Waals surface area (Å²) < 4.78 is 9.47. The molecule has 0 bridgehead atoms. The van der Waals surface area contributed by atoms with Crippen molar-refractivity contribution in [3.63, 3.8) is 0 Å². The predicted octanol–water partition coefficient (Wildman–Crippen LogP) is 3.70. The molecule has 10 heteroatoms. The third-order valence-electron chi connectivity index (χ3n) is 6.39. The summed E-state index contributed by atoms with van der Waals surface area (Å²) in [5.74, 6) is 0.691. The first kappa shape index (κ1) is 21.2. The summed E-state index contributed by atoms with van der Waals surface area (Å²) >= 11 is 0. The third-order valence-corrected chi connectivity index (χ3v) is 6.39. The van der Waals surface area contributed by atoms with Gasteiger partial charge in [-0.25, -0.2) is 14.5 Å². The molecule has 1 aliphatic heterocycles. The second kappa shape index (κ2) is 8.48. The van der Waals surface area contributed by atoms with Crippen molar-refractivity contribution in [2.45, 2.75) is 25.8 Å². The third kappa shape index (κ3) is 3.77. The minimum absolute atomic E-state index is 0.171. The lowest BCUT2D eigenvalue weighted by atomic mass is 10.1. The molecule has 1 fully saturated rings. The molecule has 35 heavy (non-hydrogen) atoms. The number of nitrogens with one attached hydrogen (secondary N) is 1. The lowest BCUT2D eigenvalue weighted by molar-refractivity contribution is -0.114. The molecule has 1 saturated heterocycles. The molecule has 3 N–H and O–H groups in total. The van der Waals surface area contributed by atoms with Crippen molar-refractivity contribution >= 4 is 34.0 Å². The number of anilines is 2. The highest BCUT2D eigenvalue weighted by Gasteiger charge is 2.21. The van der Waals surface area contributed by atoms with Crippen LogP contribution in [0.15, 0.2) is 55.1 Å². The second-order valence-corrected chi connectivity index (χ2v) is 8.67. The van der Waals surface area contributed by atoms with E-state index in [2.05, 4.69) is 48.4 Å². The van der Waals surface area contributed by atoms with E-state index in [0.717, 1.165) is 59.3 Å². The van der Waals surface area contributed by atoms with Crippen molar-refractivity contribution in [2.75, 3.05) is 24.3 Å². The molecule has 10 nitrogen and oxygen atoms in total. The Labute approximate surface area is 200 Å². The van der Waals surface area contributed by atoms with Gasteiger partial charge in [0.2, 0.25) is 5.91 Å². The predicted molar refractivity (Wildman–Crippen MR) is 133 cm³/mol. The molecule has 5 heterocycles. The highest BCUT2D eigenvalue weighted by atomic mass is 16.5. The molecule has 0 aliphatic carbocycles. The first-order valence-electron chi connectivity index (χ1n) is 11.5. The number of amides is 1. The number of nitrogen functional groups attached to an aromatic ring is 1. The molecular weight excluding hydrogens is 444 g/mol. The first-order chi connectivity index (χ1) is 17.1. The summed E-state index contributed by atoms with van der Waals surface area (Å²) in [5, 5.41) is 13.0. The number of carbonyl (C=O) groups excluding carboxylic acids is 1. The maximum absolute atomic E-state index is 11.3. The molecule has 1 aliphatic rings. The molecule has 0 radical (unpaired) electrons. The number of carbonyl (C=O) groups is 1. The quantitative estimate of drug-likeness (QED) is 0.412. The summed E-state index contributed by atoms with van der Waals surface area (Å²) in [6.45, 7) is 2.96. The number of nitrogens with two attached hydrogens (primary N) is 1. The van der Waals surface area contributed by atoms with Crippen LogP contribution in [0.1, 0.15) is 25.8 Å². The molecule has 4 aromatic heterocycles. The SMILES string of the molecule is CC(=O)Nc1ccc(-c2cc(-c3ccc4cnn(C5CCOCC5)c4c3)n3ncnc(N)c23)cn1. The second-order valence-electron chi connectivity index (χ2n) is 8.67. The minimum Gasteiger partial charge on any atom is -0.382 e. The maximum atomic E-state index is 11.3. The van der Waals surface area contributed by atoms with Crippen molar-refractivity contribution in [3.05, 3.63) is 55.1 Å². The number of aromatic nitrogens is 6. The number of fused-ring (bicyclic) bond motifs is 2. The van der Waals surface area contributed by atoms with E-state index in [4.69, 9.17) is 10.5 Å². The van der Waals surface area contributed by atoms with Gasteiger partial charge in [0, 0.05) is 48.4 Å².